The number of anilines is 1. The maximum atomic E-state index is 11.7. The zero-order chi connectivity index (χ0) is 13.4. The standard InChI is InChI=1S/C14H19NO2S/c1-4-9-18-13-8-6-5-7-12(13)15-14(16)10-17-11(2)3/h4-8,11H,1,9-10H2,2-3H3,(H,15,16). The van der Waals surface area contributed by atoms with Crippen LogP contribution in [-0.2, 0) is 9.53 Å². The van der Waals surface area contributed by atoms with Gasteiger partial charge in [0.05, 0.1) is 11.8 Å². The molecule has 3 nitrogen and oxygen atoms in total. The first kappa shape index (κ1) is 14.8. The Kier molecular flexibility index (Phi) is 6.54. The molecule has 0 aliphatic heterocycles. The van der Waals surface area contributed by atoms with Crippen LogP contribution in [-0.4, -0.2) is 24.4 Å². The van der Waals surface area contributed by atoms with E-state index in [9.17, 15) is 4.79 Å². The van der Waals surface area contributed by atoms with Gasteiger partial charge in [-0.2, -0.15) is 0 Å². The van der Waals surface area contributed by atoms with Gasteiger partial charge in [0, 0.05) is 10.6 Å². The first-order valence-corrected chi connectivity index (χ1v) is 6.86. The first-order chi connectivity index (χ1) is 8.63. The molecule has 18 heavy (non-hydrogen) atoms. The lowest BCUT2D eigenvalue weighted by atomic mass is 10.3. The summed E-state index contributed by atoms with van der Waals surface area (Å²) in [6, 6.07) is 7.72. The van der Waals surface area contributed by atoms with Gasteiger partial charge in [-0.3, -0.25) is 4.79 Å². The topological polar surface area (TPSA) is 38.3 Å². The van der Waals surface area contributed by atoms with E-state index in [0.717, 1.165) is 16.3 Å². The molecule has 1 aromatic carbocycles. The number of thioether (sulfide) groups is 1. The van der Waals surface area contributed by atoms with Crippen LogP contribution >= 0.6 is 11.8 Å². The molecule has 0 radical (unpaired) electrons. The average molecular weight is 265 g/mol. The number of nitrogens with one attached hydrogen (secondary N) is 1. The number of ether oxygens (including phenoxy) is 1. The Balaban J connectivity index is 2.59. The van der Waals surface area contributed by atoms with Crippen LogP contribution < -0.4 is 5.32 Å². The molecule has 0 fully saturated rings. The smallest absolute Gasteiger partial charge is 0.250 e. The van der Waals surface area contributed by atoms with Crippen molar-refractivity contribution in [2.45, 2.75) is 24.8 Å². The Hall–Kier alpha value is -1.26. The summed E-state index contributed by atoms with van der Waals surface area (Å²) in [6.07, 6.45) is 1.90. The van der Waals surface area contributed by atoms with Crippen LogP contribution in [0.15, 0.2) is 41.8 Å². The molecule has 0 aliphatic rings. The Morgan fingerprint density at radius 2 is 2.22 bits per heavy atom. The van der Waals surface area contributed by atoms with Gasteiger partial charge in [0.25, 0.3) is 0 Å². The summed E-state index contributed by atoms with van der Waals surface area (Å²) in [6.45, 7) is 7.58. The van der Waals surface area contributed by atoms with Crippen molar-refractivity contribution in [1.29, 1.82) is 0 Å². The van der Waals surface area contributed by atoms with Gasteiger partial charge in [-0.1, -0.05) is 18.2 Å². The van der Waals surface area contributed by atoms with Gasteiger partial charge < -0.3 is 10.1 Å². The zero-order valence-electron chi connectivity index (χ0n) is 10.8. The van der Waals surface area contributed by atoms with Gasteiger partial charge in [0.2, 0.25) is 5.91 Å². The van der Waals surface area contributed by atoms with E-state index in [1.165, 1.54) is 0 Å². The van der Waals surface area contributed by atoms with E-state index in [-0.39, 0.29) is 18.6 Å². The molecule has 0 atom stereocenters. The molecule has 0 aromatic heterocycles. The lowest BCUT2D eigenvalue weighted by molar-refractivity contribution is -0.121. The van der Waals surface area contributed by atoms with Gasteiger partial charge in [-0.05, 0) is 26.0 Å². The number of hydrogen-bond donors (Lipinski definition) is 1. The largest absolute Gasteiger partial charge is 0.369 e. The Morgan fingerprint density at radius 1 is 1.50 bits per heavy atom. The van der Waals surface area contributed by atoms with E-state index < -0.39 is 0 Å². The highest BCUT2D eigenvalue weighted by Crippen LogP contribution is 2.26. The maximum Gasteiger partial charge on any atom is 0.250 e. The van der Waals surface area contributed by atoms with Crippen LogP contribution in [0.1, 0.15) is 13.8 Å². The average Bonchev–Trinajstić information content (AvgIpc) is 2.35. The number of para-hydroxylation sites is 1. The van der Waals surface area contributed by atoms with Gasteiger partial charge in [0.15, 0.2) is 0 Å². The molecule has 0 aliphatic carbocycles. The number of amides is 1. The van der Waals surface area contributed by atoms with E-state index in [1.54, 1.807) is 11.8 Å². The minimum Gasteiger partial charge on any atom is -0.369 e. The number of carbonyl (C=O) groups excluding carboxylic acids is 1. The highest BCUT2D eigenvalue weighted by atomic mass is 32.2. The van der Waals surface area contributed by atoms with Crippen molar-refractivity contribution in [3.63, 3.8) is 0 Å². The summed E-state index contributed by atoms with van der Waals surface area (Å²) in [5, 5.41) is 2.86. The summed E-state index contributed by atoms with van der Waals surface area (Å²) in [5.74, 6) is 0.686. The Labute approximate surface area is 113 Å². The van der Waals surface area contributed by atoms with Crippen LogP contribution in [0.3, 0.4) is 0 Å². The van der Waals surface area contributed by atoms with Gasteiger partial charge in [0.1, 0.15) is 6.61 Å². The Morgan fingerprint density at radius 3 is 2.89 bits per heavy atom. The molecule has 1 N–H and O–H groups in total. The lowest BCUT2D eigenvalue weighted by Crippen LogP contribution is -2.20. The van der Waals surface area contributed by atoms with Crippen molar-refractivity contribution in [3.8, 4) is 0 Å². The number of hydrogen-bond acceptors (Lipinski definition) is 3. The van der Waals surface area contributed by atoms with E-state index in [1.807, 2.05) is 44.2 Å². The molecule has 0 unspecified atom stereocenters. The van der Waals surface area contributed by atoms with Crippen LogP contribution in [0.25, 0.3) is 0 Å². The quantitative estimate of drug-likeness (QED) is 0.607. The van der Waals surface area contributed by atoms with E-state index in [4.69, 9.17) is 4.74 Å². The lowest BCUT2D eigenvalue weighted by Gasteiger charge is -2.11. The highest BCUT2D eigenvalue weighted by molar-refractivity contribution is 7.99. The summed E-state index contributed by atoms with van der Waals surface area (Å²) in [4.78, 5) is 12.7. The first-order valence-electron chi connectivity index (χ1n) is 5.87. The summed E-state index contributed by atoms with van der Waals surface area (Å²) in [5.41, 5.74) is 0.821. The van der Waals surface area contributed by atoms with E-state index in [2.05, 4.69) is 11.9 Å². The third-order valence-corrected chi connectivity index (χ3v) is 3.13. The normalized spacial score (nSPS) is 10.4. The van der Waals surface area contributed by atoms with E-state index >= 15 is 0 Å². The van der Waals surface area contributed by atoms with Crippen molar-refractivity contribution in [2.75, 3.05) is 17.7 Å². The number of benzene rings is 1. The second-order valence-corrected chi connectivity index (χ2v) is 5.07. The highest BCUT2D eigenvalue weighted by Gasteiger charge is 2.07. The van der Waals surface area contributed by atoms with Crippen molar-refractivity contribution >= 4 is 23.4 Å². The van der Waals surface area contributed by atoms with Crippen LogP contribution in [0, 0.1) is 0 Å². The maximum absolute atomic E-state index is 11.7. The Bertz CT molecular complexity index is 405. The molecule has 0 spiro atoms. The van der Waals surface area contributed by atoms with Crippen LogP contribution in [0.5, 0.6) is 0 Å². The number of carbonyl (C=O) groups is 1. The van der Waals surface area contributed by atoms with Crippen molar-refractivity contribution in [3.05, 3.63) is 36.9 Å². The fraction of sp³-hybridized carbons (Fsp3) is 0.357. The molecule has 1 rings (SSSR count). The van der Waals surface area contributed by atoms with E-state index in [0.29, 0.717) is 0 Å². The molecule has 0 bridgehead atoms. The summed E-state index contributed by atoms with van der Waals surface area (Å²) in [7, 11) is 0. The molecular weight excluding hydrogens is 246 g/mol. The second kappa shape index (κ2) is 7.95. The summed E-state index contributed by atoms with van der Waals surface area (Å²) >= 11 is 1.64. The minimum atomic E-state index is -0.129. The van der Waals surface area contributed by atoms with Gasteiger partial charge in [-0.15, -0.1) is 18.3 Å². The monoisotopic (exact) mass is 265 g/mol. The molecule has 1 aromatic rings. The third kappa shape index (κ3) is 5.38. The molecule has 0 saturated carbocycles. The third-order valence-electron chi connectivity index (χ3n) is 2.07. The molecule has 1 amide bonds. The van der Waals surface area contributed by atoms with Crippen molar-refractivity contribution in [2.24, 2.45) is 0 Å². The fourth-order valence-corrected chi connectivity index (χ4v) is 2.02. The molecule has 0 saturated heterocycles. The molecule has 98 valence electrons. The SMILES string of the molecule is C=CCSc1ccccc1NC(=O)COC(C)C. The second-order valence-electron chi connectivity index (χ2n) is 4.00. The summed E-state index contributed by atoms with van der Waals surface area (Å²) < 4.78 is 5.26. The van der Waals surface area contributed by atoms with Crippen LogP contribution in [0.2, 0.25) is 0 Å². The predicted octanol–water partition coefficient (Wildman–Crippen LogP) is 3.33. The zero-order valence-corrected chi connectivity index (χ0v) is 11.6. The van der Waals surface area contributed by atoms with Gasteiger partial charge >= 0.3 is 0 Å². The predicted molar refractivity (Wildman–Crippen MR) is 77.1 cm³/mol. The van der Waals surface area contributed by atoms with Crippen molar-refractivity contribution < 1.29 is 9.53 Å². The fourth-order valence-electron chi connectivity index (χ4n) is 1.27. The molecule has 0 heterocycles. The molecular formula is C14H19NO2S. The van der Waals surface area contributed by atoms with Gasteiger partial charge in [-0.25, -0.2) is 0 Å². The minimum absolute atomic E-state index is 0.0566. The van der Waals surface area contributed by atoms with Crippen LogP contribution in [0.4, 0.5) is 5.69 Å². The molecule has 4 heteroatoms. The van der Waals surface area contributed by atoms with Crippen molar-refractivity contribution in [1.82, 2.24) is 0 Å². The number of rotatable bonds is 7.